The van der Waals surface area contributed by atoms with Gasteiger partial charge in [-0.05, 0) is 19.1 Å². The first-order valence-electron chi connectivity index (χ1n) is 7.31. The standard InChI is InChI=1S/C17H19N3O4/c1-4-9-20(11-16(21)18-15-10-12(2)24-19-15)17(22)13-7-5-6-8-14(13)23-3/h4-8,10H,1,9,11H2,2-3H3,(H,18,19,21). The predicted molar refractivity (Wildman–Crippen MR) is 89.0 cm³/mol. The molecule has 0 aliphatic carbocycles. The monoisotopic (exact) mass is 329 g/mol. The van der Waals surface area contributed by atoms with Gasteiger partial charge in [-0.3, -0.25) is 9.59 Å². The van der Waals surface area contributed by atoms with Gasteiger partial charge in [0.15, 0.2) is 5.82 Å². The third kappa shape index (κ3) is 4.22. The zero-order valence-corrected chi connectivity index (χ0v) is 13.6. The second kappa shape index (κ2) is 7.96. The molecule has 0 aliphatic heterocycles. The Morgan fingerprint density at radius 3 is 2.79 bits per heavy atom. The highest BCUT2D eigenvalue weighted by atomic mass is 16.5. The van der Waals surface area contributed by atoms with Gasteiger partial charge in [0.2, 0.25) is 5.91 Å². The molecule has 0 radical (unpaired) electrons. The summed E-state index contributed by atoms with van der Waals surface area (Å²) in [7, 11) is 1.49. The summed E-state index contributed by atoms with van der Waals surface area (Å²) < 4.78 is 10.1. The van der Waals surface area contributed by atoms with Crippen LogP contribution < -0.4 is 10.1 Å². The van der Waals surface area contributed by atoms with Crippen LogP contribution in [0.3, 0.4) is 0 Å². The number of carbonyl (C=O) groups excluding carboxylic acids is 2. The largest absolute Gasteiger partial charge is 0.496 e. The maximum atomic E-state index is 12.7. The molecule has 0 fully saturated rings. The number of rotatable bonds is 7. The summed E-state index contributed by atoms with van der Waals surface area (Å²) in [5.41, 5.74) is 0.381. The molecule has 2 amide bonds. The van der Waals surface area contributed by atoms with E-state index in [1.54, 1.807) is 43.3 Å². The molecule has 0 spiro atoms. The predicted octanol–water partition coefficient (Wildman–Crippen LogP) is 2.26. The first-order chi connectivity index (χ1) is 11.5. The average molecular weight is 329 g/mol. The van der Waals surface area contributed by atoms with Crippen molar-refractivity contribution < 1.29 is 18.8 Å². The lowest BCUT2D eigenvalue weighted by atomic mass is 10.1. The summed E-state index contributed by atoms with van der Waals surface area (Å²) in [6.07, 6.45) is 1.56. The van der Waals surface area contributed by atoms with Gasteiger partial charge in [0.05, 0.1) is 12.7 Å². The molecule has 1 heterocycles. The van der Waals surface area contributed by atoms with Crippen LogP contribution in [-0.4, -0.2) is 42.1 Å². The van der Waals surface area contributed by atoms with Crippen molar-refractivity contribution >= 4 is 17.6 Å². The van der Waals surface area contributed by atoms with E-state index in [-0.39, 0.29) is 24.9 Å². The number of benzene rings is 1. The van der Waals surface area contributed by atoms with Crippen molar-refractivity contribution in [2.24, 2.45) is 0 Å². The van der Waals surface area contributed by atoms with E-state index in [0.717, 1.165) is 0 Å². The van der Waals surface area contributed by atoms with Gasteiger partial charge in [-0.15, -0.1) is 6.58 Å². The number of aromatic nitrogens is 1. The maximum absolute atomic E-state index is 12.7. The molecule has 1 aromatic carbocycles. The number of nitrogens with one attached hydrogen (secondary N) is 1. The van der Waals surface area contributed by atoms with E-state index in [1.165, 1.54) is 12.0 Å². The third-order valence-corrected chi connectivity index (χ3v) is 3.20. The normalized spacial score (nSPS) is 10.1. The smallest absolute Gasteiger partial charge is 0.258 e. The molecular weight excluding hydrogens is 310 g/mol. The molecule has 2 rings (SSSR count). The third-order valence-electron chi connectivity index (χ3n) is 3.20. The Morgan fingerprint density at radius 2 is 2.17 bits per heavy atom. The second-order valence-electron chi connectivity index (χ2n) is 5.05. The molecule has 0 saturated carbocycles. The number of hydrogen-bond acceptors (Lipinski definition) is 5. The number of para-hydroxylation sites is 1. The van der Waals surface area contributed by atoms with Gasteiger partial charge in [-0.1, -0.05) is 23.4 Å². The van der Waals surface area contributed by atoms with Crippen LogP contribution in [0.2, 0.25) is 0 Å². The Balaban J connectivity index is 2.11. The summed E-state index contributed by atoms with van der Waals surface area (Å²) >= 11 is 0. The van der Waals surface area contributed by atoms with Crippen LogP contribution in [0.25, 0.3) is 0 Å². The van der Waals surface area contributed by atoms with Gasteiger partial charge < -0.3 is 19.5 Å². The SMILES string of the molecule is C=CCN(CC(=O)Nc1cc(C)on1)C(=O)c1ccccc1OC. The van der Waals surface area contributed by atoms with Crippen LogP contribution >= 0.6 is 0 Å². The fraction of sp³-hybridized carbons (Fsp3) is 0.235. The summed E-state index contributed by atoms with van der Waals surface area (Å²) in [5.74, 6) is 0.635. The van der Waals surface area contributed by atoms with Gasteiger partial charge in [-0.2, -0.15) is 0 Å². The Labute approximate surface area is 139 Å². The number of anilines is 1. The lowest BCUT2D eigenvalue weighted by molar-refractivity contribution is -0.116. The van der Waals surface area contributed by atoms with E-state index in [0.29, 0.717) is 22.9 Å². The molecule has 0 aliphatic rings. The Bertz CT molecular complexity index is 739. The van der Waals surface area contributed by atoms with Gasteiger partial charge in [-0.25, -0.2) is 0 Å². The first kappa shape index (κ1) is 17.3. The number of hydrogen-bond donors (Lipinski definition) is 1. The molecular formula is C17H19N3O4. The molecule has 24 heavy (non-hydrogen) atoms. The van der Waals surface area contributed by atoms with Crippen molar-refractivity contribution in [2.45, 2.75) is 6.92 Å². The fourth-order valence-electron chi connectivity index (χ4n) is 2.15. The van der Waals surface area contributed by atoms with Gasteiger partial charge in [0, 0.05) is 12.6 Å². The van der Waals surface area contributed by atoms with Crippen molar-refractivity contribution in [2.75, 3.05) is 25.5 Å². The molecule has 1 aromatic heterocycles. The quantitative estimate of drug-likeness (QED) is 0.788. The molecule has 1 N–H and O–H groups in total. The summed E-state index contributed by atoms with van der Waals surface area (Å²) in [6, 6.07) is 8.44. The van der Waals surface area contributed by atoms with Gasteiger partial charge in [0.1, 0.15) is 18.1 Å². The Morgan fingerprint density at radius 1 is 1.42 bits per heavy atom. The van der Waals surface area contributed by atoms with E-state index in [1.807, 2.05) is 0 Å². The number of aryl methyl sites for hydroxylation is 1. The average Bonchev–Trinajstić information content (AvgIpc) is 2.98. The van der Waals surface area contributed by atoms with Crippen LogP contribution in [0.15, 0.2) is 47.5 Å². The van der Waals surface area contributed by atoms with Crippen LogP contribution in [0.1, 0.15) is 16.1 Å². The van der Waals surface area contributed by atoms with Gasteiger partial charge >= 0.3 is 0 Å². The van der Waals surface area contributed by atoms with Crippen molar-refractivity contribution in [1.29, 1.82) is 0 Å². The minimum absolute atomic E-state index is 0.144. The highest BCUT2D eigenvalue weighted by Gasteiger charge is 2.21. The molecule has 0 bridgehead atoms. The number of amides is 2. The van der Waals surface area contributed by atoms with Crippen LogP contribution in [0.5, 0.6) is 5.75 Å². The first-order valence-corrected chi connectivity index (χ1v) is 7.31. The van der Waals surface area contributed by atoms with Crippen molar-refractivity contribution in [1.82, 2.24) is 10.1 Å². The molecule has 0 atom stereocenters. The van der Waals surface area contributed by atoms with E-state index in [9.17, 15) is 9.59 Å². The van der Waals surface area contributed by atoms with Crippen LogP contribution in [0.4, 0.5) is 5.82 Å². The molecule has 126 valence electrons. The zero-order valence-electron chi connectivity index (χ0n) is 13.6. The van der Waals surface area contributed by atoms with Crippen molar-refractivity contribution in [3.05, 3.63) is 54.3 Å². The Kier molecular flexibility index (Phi) is 5.73. The summed E-state index contributed by atoms with van der Waals surface area (Å²) in [4.78, 5) is 26.2. The fourth-order valence-corrected chi connectivity index (χ4v) is 2.15. The van der Waals surface area contributed by atoms with E-state index in [2.05, 4.69) is 17.1 Å². The van der Waals surface area contributed by atoms with Crippen LogP contribution in [-0.2, 0) is 4.79 Å². The van der Waals surface area contributed by atoms with E-state index >= 15 is 0 Å². The van der Waals surface area contributed by atoms with Crippen molar-refractivity contribution in [3.8, 4) is 5.75 Å². The molecule has 0 unspecified atom stereocenters. The topological polar surface area (TPSA) is 84.7 Å². The minimum atomic E-state index is -0.381. The van der Waals surface area contributed by atoms with Gasteiger partial charge in [0.25, 0.3) is 5.91 Å². The van der Waals surface area contributed by atoms with E-state index in [4.69, 9.17) is 9.26 Å². The highest BCUT2D eigenvalue weighted by molar-refractivity contribution is 6.00. The van der Waals surface area contributed by atoms with E-state index < -0.39 is 0 Å². The zero-order chi connectivity index (χ0) is 17.5. The molecule has 7 heteroatoms. The number of nitrogens with zero attached hydrogens (tertiary/aromatic N) is 2. The summed E-state index contributed by atoms with van der Waals surface area (Å²) in [5, 5.41) is 6.27. The number of ether oxygens (including phenoxy) is 1. The summed E-state index contributed by atoms with van der Waals surface area (Å²) in [6.45, 7) is 5.43. The molecule has 0 saturated heterocycles. The lowest BCUT2D eigenvalue weighted by Crippen LogP contribution is -2.38. The number of carbonyl (C=O) groups is 2. The maximum Gasteiger partial charge on any atom is 0.258 e. The lowest BCUT2D eigenvalue weighted by Gasteiger charge is -2.21. The minimum Gasteiger partial charge on any atom is -0.496 e. The number of methoxy groups -OCH3 is 1. The van der Waals surface area contributed by atoms with Crippen molar-refractivity contribution in [3.63, 3.8) is 0 Å². The Hall–Kier alpha value is -3.09. The second-order valence-corrected chi connectivity index (χ2v) is 5.05. The van der Waals surface area contributed by atoms with Crippen LogP contribution in [0, 0.1) is 6.92 Å². The molecule has 7 nitrogen and oxygen atoms in total. The molecule has 2 aromatic rings. The highest BCUT2D eigenvalue weighted by Crippen LogP contribution is 2.19.